The molecule has 0 saturated carbocycles. The Hall–Kier alpha value is -0.910. The van der Waals surface area contributed by atoms with Crippen LogP contribution in [0.5, 0.6) is 0 Å². The normalized spacial score (nSPS) is 18.4. The lowest BCUT2D eigenvalue weighted by Crippen LogP contribution is -2.45. The van der Waals surface area contributed by atoms with Gasteiger partial charge in [-0.1, -0.05) is 0 Å². The van der Waals surface area contributed by atoms with Gasteiger partial charge in [0.05, 0.1) is 18.8 Å². The van der Waals surface area contributed by atoms with E-state index in [9.17, 15) is 5.11 Å². The number of rotatable bonds is 4. The van der Waals surface area contributed by atoms with Gasteiger partial charge in [-0.15, -0.1) is 0 Å². The molecule has 1 aliphatic rings. The zero-order valence-corrected chi connectivity index (χ0v) is 11.7. The molecule has 1 N–H and O–H groups in total. The molecule has 0 aromatic carbocycles. The third kappa shape index (κ3) is 2.91. The van der Waals surface area contributed by atoms with E-state index in [0.29, 0.717) is 0 Å². The number of nitrogens with zero attached hydrogens (tertiary/aromatic N) is 4. The number of aromatic nitrogens is 2. The molecule has 0 bridgehead atoms. The molecule has 1 aliphatic heterocycles. The third-order valence-corrected chi connectivity index (χ3v) is 3.98. The Kier molecular flexibility index (Phi) is 4.37. The van der Waals surface area contributed by atoms with Gasteiger partial charge in [0.1, 0.15) is 0 Å². The minimum atomic E-state index is 0.0359. The molecule has 18 heavy (non-hydrogen) atoms. The number of aliphatic hydroxyl groups excluding tert-OH is 1. The number of aliphatic hydroxyl groups is 1. The van der Waals surface area contributed by atoms with Gasteiger partial charge in [-0.2, -0.15) is 5.10 Å². The molecule has 0 unspecified atom stereocenters. The number of likely N-dealkylation sites (N-methyl/N-ethyl adjacent to an activating group) is 1. The van der Waals surface area contributed by atoms with Crippen molar-refractivity contribution < 1.29 is 5.11 Å². The third-order valence-electron chi connectivity index (χ3n) is 3.98. The minimum absolute atomic E-state index is 0.0359. The summed E-state index contributed by atoms with van der Waals surface area (Å²) in [6.45, 7) is 10.7. The van der Waals surface area contributed by atoms with Crippen LogP contribution in [0.2, 0.25) is 0 Å². The highest BCUT2D eigenvalue weighted by Gasteiger charge is 2.15. The van der Waals surface area contributed by atoms with Crippen LogP contribution >= 0.6 is 0 Å². The molecular formula is C13H24N4O. The van der Waals surface area contributed by atoms with Gasteiger partial charge < -0.3 is 10.0 Å². The monoisotopic (exact) mass is 252 g/mol. The van der Waals surface area contributed by atoms with E-state index in [0.717, 1.165) is 50.5 Å². The molecule has 0 amide bonds. The van der Waals surface area contributed by atoms with Gasteiger partial charge in [-0.3, -0.25) is 9.58 Å². The largest absolute Gasteiger partial charge is 0.390 e. The molecule has 2 heterocycles. The molecule has 5 heteroatoms. The molecule has 102 valence electrons. The minimum Gasteiger partial charge on any atom is -0.390 e. The standard InChI is InChI=1S/C13H24N4O/c1-11-12(2)17(14-13(11)10-18)9-8-16-6-4-15(3)5-7-16/h18H,4-10H2,1-3H3. The Bertz CT molecular complexity index is 394. The van der Waals surface area contributed by atoms with Crippen molar-refractivity contribution in [3.8, 4) is 0 Å². The summed E-state index contributed by atoms with van der Waals surface area (Å²) >= 11 is 0. The zero-order valence-electron chi connectivity index (χ0n) is 11.7. The Labute approximate surface area is 109 Å². The highest BCUT2D eigenvalue weighted by Crippen LogP contribution is 2.12. The van der Waals surface area contributed by atoms with Gasteiger partial charge in [0, 0.05) is 38.4 Å². The van der Waals surface area contributed by atoms with Crippen LogP contribution in [0.1, 0.15) is 17.0 Å². The van der Waals surface area contributed by atoms with Crippen LogP contribution in [0.3, 0.4) is 0 Å². The highest BCUT2D eigenvalue weighted by atomic mass is 16.3. The van der Waals surface area contributed by atoms with E-state index in [1.807, 2.05) is 11.6 Å². The predicted octanol–water partition coefficient (Wildman–Crippen LogP) is 0.240. The van der Waals surface area contributed by atoms with E-state index in [-0.39, 0.29) is 6.61 Å². The Balaban J connectivity index is 1.90. The van der Waals surface area contributed by atoms with Gasteiger partial charge >= 0.3 is 0 Å². The van der Waals surface area contributed by atoms with Crippen LogP contribution in [0.15, 0.2) is 0 Å². The topological polar surface area (TPSA) is 44.5 Å². The van der Waals surface area contributed by atoms with Crippen molar-refractivity contribution in [3.63, 3.8) is 0 Å². The summed E-state index contributed by atoms with van der Waals surface area (Å²) in [5.41, 5.74) is 3.11. The van der Waals surface area contributed by atoms with Crippen LogP contribution in [0.4, 0.5) is 0 Å². The van der Waals surface area contributed by atoms with Crippen LogP contribution in [-0.4, -0.2) is 64.5 Å². The molecule has 0 aliphatic carbocycles. The summed E-state index contributed by atoms with van der Waals surface area (Å²) in [7, 11) is 2.17. The van der Waals surface area contributed by atoms with Gasteiger partial charge in [0.25, 0.3) is 0 Å². The lowest BCUT2D eigenvalue weighted by Gasteiger charge is -2.32. The van der Waals surface area contributed by atoms with Crippen LogP contribution in [0.25, 0.3) is 0 Å². The molecule has 0 radical (unpaired) electrons. The summed E-state index contributed by atoms with van der Waals surface area (Å²) in [5.74, 6) is 0. The molecular weight excluding hydrogens is 228 g/mol. The quantitative estimate of drug-likeness (QED) is 0.834. The number of hydrogen-bond acceptors (Lipinski definition) is 4. The SMILES string of the molecule is Cc1c(CO)nn(CCN2CCN(C)CC2)c1C. The Morgan fingerprint density at radius 2 is 1.78 bits per heavy atom. The average molecular weight is 252 g/mol. The Morgan fingerprint density at radius 3 is 2.33 bits per heavy atom. The Morgan fingerprint density at radius 1 is 1.11 bits per heavy atom. The van der Waals surface area contributed by atoms with Crippen molar-refractivity contribution in [2.75, 3.05) is 39.8 Å². The first-order valence-electron chi connectivity index (χ1n) is 6.66. The van der Waals surface area contributed by atoms with Gasteiger partial charge in [-0.25, -0.2) is 0 Å². The van der Waals surface area contributed by atoms with Crippen LogP contribution in [-0.2, 0) is 13.2 Å². The second kappa shape index (κ2) is 5.82. The molecule has 1 aromatic rings. The molecule has 2 rings (SSSR count). The molecule has 0 spiro atoms. The van der Waals surface area contributed by atoms with Crippen molar-refractivity contribution in [1.82, 2.24) is 19.6 Å². The molecule has 1 fully saturated rings. The van der Waals surface area contributed by atoms with Crippen molar-refractivity contribution >= 4 is 0 Å². The molecule has 5 nitrogen and oxygen atoms in total. The van der Waals surface area contributed by atoms with Crippen molar-refractivity contribution in [3.05, 3.63) is 17.0 Å². The van der Waals surface area contributed by atoms with Crippen LogP contribution in [0, 0.1) is 13.8 Å². The summed E-state index contributed by atoms with van der Waals surface area (Å²) < 4.78 is 2.03. The van der Waals surface area contributed by atoms with Gasteiger partial charge in [0.2, 0.25) is 0 Å². The smallest absolute Gasteiger partial charge is 0.0910 e. The lowest BCUT2D eigenvalue weighted by molar-refractivity contribution is 0.148. The second-order valence-corrected chi connectivity index (χ2v) is 5.18. The van der Waals surface area contributed by atoms with E-state index in [2.05, 4.69) is 28.9 Å². The fourth-order valence-electron chi connectivity index (χ4n) is 2.37. The molecule has 1 saturated heterocycles. The van der Waals surface area contributed by atoms with Crippen molar-refractivity contribution in [2.45, 2.75) is 27.0 Å². The maximum atomic E-state index is 9.21. The van der Waals surface area contributed by atoms with Crippen molar-refractivity contribution in [2.24, 2.45) is 0 Å². The summed E-state index contributed by atoms with van der Waals surface area (Å²) in [6, 6.07) is 0. The first-order valence-corrected chi connectivity index (χ1v) is 6.66. The lowest BCUT2D eigenvalue weighted by atomic mass is 10.2. The fraction of sp³-hybridized carbons (Fsp3) is 0.769. The van der Waals surface area contributed by atoms with Crippen LogP contribution < -0.4 is 0 Å². The van der Waals surface area contributed by atoms with E-state index in [1.165, 1.54) is 5.69 Å². The van der Waals surface area contributed by atoms with E-state index >= 15 is 0 Å². The van der Waals surface area contributed by atoms with E-state index in [1.54, 1.807) is 0 Å². The first kappa shape index (κ1) is 13.5. The fourth-order valence-corrected chi connectivity index (χ4v) is 2.37. The summed E-state index contributed by atoms with van der Waals surface area (Å²) in [5, 5.41) is 13.7. The zero-order chi connectivity index (χ0) is 13.1. The predicted molar refractivity (Wildman–Crippen MR) is 71.6 cm³/mol. The first-order chi connectivity index (χ1) is 8.61. The number of hydrogen-bond donors (Lipinski definition) is 1. The molecule has 1 aromatic heterocycles. The van der Waals surface area contributed by atoms with Gasteiger partial charge in [-0.05, 0) is 26.5 Å². The maximum absolute atomic E-state index is 9.21. The maximum Gasteiger partial charge on any atom is 0.0910 e. The number of piperazine rings is 1. The van der Waals surface area contributed by atoms with E-state index < -0.39 is 0 Å². The molecule has 0 atom stereocenters. The highest BCUT2D eigenvalue weighted by molar-refractivity contribution is 5.22. The van der Waals surface area contributed by atoms with Gasteiger partial charge in [0.15, 0.2) is 0 Å². The summed E-state index contributed by atoms with van der Waals surface area (Å²) in [4.78, 5) is 4.85. The average Bonchev–Trinajstić information content (AvgIpc) is 2.65. The summed E-state index contributed by atoms with van der Waals surface area (Å²) in [6.07, 6.45) is 0. The second-order valence-electron chi connectivity index (χ2n) is 5.18. The van der Waals surface area contributed by atoms with Crippen molar-refractivity contribution in [1.29, 1.82) is 0 Å². The van der Waals surface area contributed by atoms with E-state index in [4.69, 9.17) is 0 Å².